The normalized spacial score (nSPS) is 21.1. The molecule has 2 rings (SSSR count). The van der Waals surface area contributed by atoms with Crippen LogP contribution in [-0.4, -0.2) is 73.6 Å². The summed E-state index contributed by atoms with van der Waals surface area (Å²) in [6.07, 6.45) is 6.37. The zero-order valence-electron chi connectivity index (χ0n) is 16.0. The minimum Gasteiger partial charge on any atom is -0.378 e. The van der Waals surface area contributed by atoms with Gasteiger partial charge in [0.1, 0.15) is 0 Å². The first-order chi connectivity index (χ1) is 12.1. The molecule has 0 aromatic rings. The standard InChI is InChI=1S/C19H35N3O3/c1-3-4-5-6-16(2)20-18(23)15-21-9-7-17(8-10-21)19(24)22-11-13-25-14-12-22/h16-17H,3-15H2,1-2H3,(H,20,23). The van der Waals surface area contributed by atoms with Crippen LogP contribution in [0, 0.1) is 5.92 Å². The Labute approximate surface area is 152 Å². The molecule has 0 spiro atoms. The van der Waals surface area contributed by atoms with Gasteiger partial charge < -0.3 is 15.0 Å². The van der Waals surface area contributed by atoms with Gasteiger partial charge in [0.25, 0.3) is 0 Å². The Hall–Kier alpha value is -1.14. The van der Waals surface area contributed by atoms with E-state index in [-0.39, 0.29) is 23.8 Å². The molecule has 0 saturated carbocycles. The number of likely N-dealkylation sites (tertiary alicyclic amines) is 1. The predicted octanol–water partition coefficient (Wildman–Crippen LogP) is 1.64. The third-order valence-electron chi connectivity index (χ3n) is 5.27. The molecule has 0 aliphatic carbocycles. The lowest BCUT2D eigenvalue weighted by atomic mass is 9.95. The smallest absolute Gasteiger partial charge is 0.234 e. The molecule has 2 heterocycles. The quantitative estimate of drug-likeness (QED) is 0.674. The SMILES string of the molecule is CCCCCC(C)NC(=O)CN1CCC(C(=O)N2CCOCC2)CC1. The molecule has 144 valence electrons. The summed E-state index contributed by atoms with van der Waals surface area (Å²) >= 11 is 0. The third-order valence-corrected chi connectivity index (χ3v) is 5.27. The zero-order valence-corrected chi connectivity index (χ0v) is 16.0. The van der Waals surface area contributed by atoms with Crippen molar-refractivity contribution in [2.75, 3.05) is 45.9 Å². The molecular formula is C19H35N3O3. The van der Waals surface area contributed by atoms with Crippen molar-refractivity contribution in [1.82, 2.24) is 15.1 Å². The Bertz CT molecular complexity index is 416. The van der Waals surface area contributed by atoms with Crippen molar-refractivity contribution in [3.63, 3.8) is 0 Å². The Morgan fingerprint density at radius 2 is 1.80 bits per heavy atom. The molecule has 2 aliphatic rings. The Kier molecular flexibility index (Phi) is 8.68. The van der Waals surface area contributed by atoms with Crippen molar-refractivity contribution >= 4 is 11.8 Å². The van der Waals surface area contributed by atoms with Gasteiger partial charge in [-0.3, -0.25) is 14.5 Å². The number of nitrogens with one attached hydrogen (secondary N) is 1. The summed E-state index contributed by atoms with van der Waals surface area (Å²) in [5.41, 5.74) is 0. The van der Waals surface area contributed by atoms with E-state index >= 15 is 0 Å². The van der Waals surface area contributed by atoms with Gasteiger partial charge in [-0.25, -0.2) is 0 Å². The van der Waals surface area contributed by atoms with Crippen LogP contribution >= 0.6 is 0 Å². The lowest BCUT2D eigenvalue weighted by Gasteiger charge is -2.35. The van der Waals surface area contributed by atoms with Crippen LogP contribution in [0.2, 0.25) is 0 Å². The number of carbonyl (C=O) groups excluding carboxylic acids is 2. The van der Waals surface area contributed by atoms with E-state index in [1.807, 2.05) is 4.90 Å². The molecule has 25 heavy (non-hydrogen) atoms. The molecule has 0 bridgehead atoms. The van der Waals surface area contributed by atoms with Gasteiger partial charge in [-0.15, -0.1) is 0 Å². The fourth-order valence-corrected chi connectivity index (χ4v) is 3.68. The third kappa shape index (κ3) is 6.94. The largest absolute Gasteiger partial charge is 0.378 e. The molecule has 0 aromatic heterocycles. The fourth-order valence-electron chi connectivity index (χ4n) is 3.68. The van der Waals surface area contributed by atoms with Crippen LogP contribution in [0.1, 0.15) is 52.4 Å². The van der Waals surface area contributed by atoms with Crippen molar-refractivity contribution < 1.29 is 14.3 Å². The first-order valence-electron chi connectivity index (χ1n) is 9.98. The average Bonchev–Trinajstić information content (AvgIpc) is 2.62. The van der Waals surface area contributed by atoms with Crippen molar-refractivity contribution in [2.45, 2.75) is 58.4 Å². The molecule has 2 aliphatic heterocycles. The average molecular weight is 354 g/mol. The first-order valence-corrected chi connectivity index (χ1v) is 9.98. The number of amides is 2. The van der Waals surface area contributed by atoms with E-state index in [1.165, 1.54) is 19.3 Å². The molecule has 2 amide bonds. The molecule has 6 nitrogen and oxygen atoms in total. The number of hydrogen-bond acceptors (Lipinski definition) is 4. The van der Waals surface area contributed by atoms with Gasteiger partial charge in [-0.1, -0.05) is 26.2 Å². The van der Waals surface area contributed by atoms with Crippen LogP contribution in [0.15, 0.2) is 0 Å². The topological polar surface area (TPSA) is 61.9 Å². The van der Waals surface area contributed by atoms with E-state index in [0.717, 1.165) is 45.4 Å². The molecule has 0 radical (unpaired) electrons. The van der Waals surface area contributed by atoms with E-state index < -0.39 is 0 Å². The molecule has 1 N–H and O–H groups in total. The second-order valence-corrected chi connectivity index (χ2v) is 7.45. The summed E-state index contributed by atoms with van der Waals surface area (Å²) in [5, 5.41) is 3.10. The molecule has 0 aromatic carbocycles. The van der Waals surface area contributed by atoms with E-state index in [0.29, 0.717) is 19.8 Å². The summed E-state index contributed by atoms with van der Waals surface area (Å²) in [4.78, 5) is 28.8. The van der Waals surface area contributed by atoms with Crippen LogP contribution in [0.4, 0.5) is 0 Å². The highest BCUT2D eigenvalue weighted by atomic mass is 16.5. The molecule has 1 atom stereocenters. The van der Waals surface area contributed by atoms with Gasteiger partial charge in [0.2, 0.25) is 11.8 Å². The minimum atomic E-state index is 0.113. The van der Waals surface area contributed by atoms with Gasteiger partial charge in [0, 0.05) is 25.0 Å². The van der Waals surface area contributed by atoms with Crippen LogP contribution in [0.25, 0.3) is 0 Å². The number of ether oxygens (including phenoxy) is 1. The minimum absolute atomic E-state index is 0.113. The summed E-state index contributed by atoms with van der Waals surface area (Å²) in [6.45, 7) is 9.14. The Morgan fingerprint density at radius 3 is 2.44 bits per heavy atom. The van der Waals surface area contributed by atoms with Crippen molar-refractivity contribution in [1.29, 1.82) is 0 Å². The number of carbonyl (C=O) groups is 2. The predicted molar refractivity (Wildman–Crippen MR) is 98.3 cm³/mol. The lowest BCUT2D eigenvalue weighted by molar-refractivity contribution is -0.141. The molecular weight excluding hydrogens is 318 g/mol. The van der Waals surface area contributed by atoms with Gasteiger partial charge in [0.05, 0.1) is 19.8 Å². The van der Waals surface area contributed by atoms with Crippen LogP contribution in [0.3, 0.4) is 0 Å². The van der Waals surface area contributed by atoms with E-state index in [1.54, 1.807) is 0 Å². The summed E-state index contributed by atoms with van der Waals surface area (Å²) in [7, 11) is 0. The summed E-state index contributed by atoms with van der Waals surface area (Å²) in [6, 6.07) is 0.250. The van der Waals surface area contributed by atoms with E-state index in [4.69, 9.17) is 4.74 Å². The summed E-state index contributed by atoms with van der Waals surface area (Å²) in [5.74, 6) is 0.504. The zero-order chi connectivity index (χ0) is 18.1. The second-order valence-electron chi connectivity index (χ2n) is 7.45. The number of piperidine rings is 1. The monoisotopic (exact) mass is 353 g/mol. The van der Waals surface area contributed by atoms with Crippen molar-refractivity contribution in [3.8, 4) is 0 Å². The molecule has 1 unspecified atom stereocenters. The van der Waals surface area contributed by atoms with Gasteiger partial charge in [-0.2, -0.15) is 0 Å². The second kappa shape index (κ2) is 10.8. The first kappa shape index (κ1) is 20.2. The maximum atomic E-state index is 12.5. The lowest BCUT2D eigenvalue weighted by Crippen LogP contribution is -2.48. The highest BCUT2D eigenvalue weighted by molar-refractivity contribution is 5.79. The highest BCUT2D eigenvalue weighted by Gasteiger charge is 2.29. The van der Waals surface area contributed by atoms with Gasteiger partial charge >= 0.3 is 0 Å². The Balaban J connectivity index is 1.64. The van der Waals surface area contributed by atoms with Gasteiger partial charge in [-0.05, 0) is 39.3 Å². The Morgan fingerprint density at radius 1 is 1.12 bits per heavy atom. The number of unbranched alkanes of at least 4 members (excludes halogenated alkanes) is 2. The van der Waals surface area contributed by atoms with E-state index in [9.17, 15) is 9.59 Å². The molecule has 6 heteroatoms. The van der Waals surface area contributed by atoms with Crippen molar-refractivity contribution in [3.05, 3.63) is 0 Å². The highest BCUT2D eigenvalue weighted by Crippen LogP contribution is 2.20. The molecule has 2 saturated heterocycles. The van der Waals surface area contributed by atoms with Crippen LogP contribution in [-0.2, 0) is 14.3 Å². The maximum absolute atomic E-state index is 12.5. The van der Waals surface area contributed by atoms with Crippen LogP contribution in [0.5, 0.6) is 0 Å². The maximum Gasteiger partial charge on any atom is 0.234 e. The number of hydrogen-bond donors (Lipinski definition) is 1. The van der Waals surface area contributed by atoms with Crippen LogP contribution < -0.4 is 5.32 Å². The van der Waals surface area contributed by atoms with E-state index in [2.05, 4.69) is 24.1 Å². The van der Waals surface area contributed by atoms with Crippen molar-refractivity contribution in [2.24, 2.45) is 5.92 Å². The fraction of sp³-hybridized carbons (Fsp3) is 0.895. The summed E-state index contributed by atoms with van der Waals surface area (Å²) < 4.78 is 5.31. The molecule has 2 fully saturated rings. The van der Waals surface area contributed by atoms with Gasteiger partial charge in [0.15, 0.2) is 0 Å². The number of rotatable bonds is 8. The number of morpholine rings is 1. The number of nitrogens with zero attached hydrogens (tertiary/aromatic N) is 2.